The Morgan fingerprint density at radius 2 is 1.86 bits per heavy atom. The molecule has 1 aromatic heterocycles. The molecule has 0 radical (unpaired) electrons. The van der Waals surface area contributed by atoms with Crippen LogP contribution in [-0.2, 0) is 40.0 Å². The molecule has 0 bridgehead atoms. The highest BCUT2D eigenvalue weighted by Gasteiger charge is 2.35. The quantitative estimate of drug-likeness (QED) is 0.381. The number of hydrogen-bond donors (Lipinski definition) is 1. The topological polar surface area (TPSA) is 83.3 Å². The van der Waals surface area contributed by atoms with Crippen molar-refractivity contribution in [3.63, 3.8) is 0 Å². The largest absolute Gasteiger partial charge is 0.417 e. The minimum atomic E-state index is -4.49. The van der Waals surface area contributed by atoms with E-state index in [1.54, 1.807) is 15.6 Å². The zero-order valence-electron chi connectivity index (χ0n) is 24.8. The number of aliphatic hydroxyl groups excluding tert-OH is 1. The summed E-state index contributed by atoms with van der Waals surface area (Å²) in [7, 11) is 1.47. The van der Waals surface area contributed by atoms with Crippen LogP contribution in [0.2, 0.25) is 0 Å². The first kappa shape index (κ1) is 32.2. The van der Waals surface area contributed by atoms with Crippen LogP contribution < -0.4 is 0 Å². The molecule has 1 aromatic carbocycles. The third kappa shape index (κ3) is 8.31. The molecule has 9 nitrogen and oxygen atoms in total. The summed E-state index contributed by atoms with van der Waals surface area (Å²) in [5, 5.41) is 15.9. The first-order valence-electron chi connectivity index (χ1n) is 15.1. The van der Waals surface area contributed by atoms with E-state index in [1.807, 2.05) is 0 Å². The van der Waals surface area contributed by atoms with Crippen LogP contribution in [0.4, 0.5) is 13.2 Å². The number of benzene rings is 1. The lowest BCUT2D eigenvalue weighted by atomic mass is 9.99. The van der Waals surface area contributed by atoms with Crippen LogP contribution in [0.5, 0.6) is 0 Å². The van der Waals surface area contributed by atoms with Gasteiger partial charge in [-0.05, 0) is 38.1 Å². The maximum absolute atomic E-state index is 14.0. The molecule has 1 amide bonds. The molecule has 0 saturated carbocycles. The Morgan fingerprint density at radius 1 is 1.09 bits per heavy atom. The zero-order chi connectivity index (χ0) is 30.4. The number of likely N-dealkylation sites (tertiary alicyclic amines) is 1. The van der Waals surface area contributed by atoms with Gasteiger partial charge in [-0.1, -0.05) is 12.5 Å². The van der Waals surface area contributed by atoms with Crippen LogP contribution in [-0.4, -0.2) is 120 Å². The summed E-state index contributed by atoms with van der Waals surface area (Å²) >= 11 is 1.20. The Labute approximate surface area is 255 Å². The predicted octanol–water partition coefficient (Wildman–Crippen LogP) is 3.37. The summed E-state index contributed by atoms with van der Waals surface area (Å²) in [6, 6.07) is 4.20. The highest BCUT2D eigenvalue weighted by atomic mass is 32.2. The number of amides is 1. The van der Waals surface area contributed by atoms with Crippen molar-refractivity contribution in [2.24, 2.45) is 0 Å². The number of piperidine rings is 1. The van der Waals surface area contributed by atoms with E-state index in [0.29, 0.717) is 56.3 Å². The minimum absolute atomic E-state index is 0.0441. The van der Waals surface area contributed by atoms with E-state index in [9.17, 15) is 23.1 Å². The molecule has 4 heterocycles. The Kier molecular flexibility index (Phi) is 11.1. The number of methoxy groups -OCH3 is 1. The molecule has 43 heavy (non-hydrogen) atoms. The first-order valence-corrected chi connectivity index (χ1v) is 16.1. The number of aromatic nitrogens is 2. The molecule has 5 rings (SSSR count). The summed E-state index contributed by atoms with van der Waals surface area (Å²) < 4.78 is 54.4. The van der Waals surface area contributed by atoms with E-state index < -0.39 is 17.8 Å². The SMILES string of the molecule is COCC(=O)N1CCc2c(c(-c3ccc(C(F)(F)F)c(SCCN4CCOCC4)c3)nn2CC(O)CN2CCCCC2)C1. The molecule has 1 atom stereocenters. The van der Waals surface area contributed by atoms with E-state index >= 15 is 0 Å². The average molecular weight is 626 g/mol. The maximum atomic E-state index is 14.0. The molecule has 3 aliphatic rings. The summed E-state index contributed by atoms with van der Waals surface area (Å²) in [4.78, 5) is 19.0. The van der Waals surface area contributed by atoms with Crippen molar-refractivity contribution in [3.05, 3.63) is 35.0 Å². The Hall–Kier alpha value is -2.16. The van der Waals surface area contributed by atoms with Gasteiger partial charge >= 0.3 is 6.18 Å². The number of fused-ring (bicyclic) bond motifs is 1. The van der Waals surface area contributed by atoms with Crippen molar-refractivity contribution in [2.45, 2.75) is 55.9 Å². The van der Waals surface area contributed by atoms with Gasteiger partial charge in [0, 0.05) is 80.3 Å². The van der Waals surface area contributed by atoms with Gasteiger partial charge in [0.2, 0.25) is 5.91 Å². The number of thioether (sulfide) groups is 1. The third-order valence-corrected chi connectivity index (χ3v) is 9.42. The van der Waals surface area contributed by atoms with Crippen molar-refractivity contribution in [3.8, 4) is 11.3 Å². The average Bonchev–Trinajstić information content (AvgIpc) is 3.35. The zero-order valence-corrected chi connectivity index (χ0v) is 25.6. The second-order valence-corrected chi connectivity index (χ2v) is 12.6. The minimum Gasteiger partial charge on any atom is -0.390 e. The number of rotatable bonds is 11. The molecule has 2 fully saturated rings. The summed E-state index contributed by atoms with van der Waals surface area (Å²) in [5.74, 6) is 0.366. The molecular weight excluding hydrogens is 583 g/mol. The molecular formula is C30H42F3N5O4S. The number of halogens is 3. The van der Waals surface area contributed by atoms with Crippen LogP contribution in [0.15, 0.2) is 23.1 Å². The normalized spacial score (nSPS) is 19.4. The number of morpholine rings is 1. The van der Waals surface area contributed by atoms with Crippen LogP contribution >= 0.6 is 11.8 Å². The van der Waals surface area contributed by atoms with Crippen molar-refractivity contribution in [2.75, 3.05) is 78.5 Å². The molecule has 0 aliphatic carbocycles. The molecule has 1 unspecified atom stereocenters. The lowest BCUT2D eigenvalue weighted by Gasteiger charge is -2.29. The van der Waals surface area contributed by atoms with Crippen LogP contribution in [0.25, 0.3) is 11.3 Å². The van der Waals surface area contributed by atoms with Gasteiger partial charge in [-0.25, -0.2) is 0 Å². The Bertz CT molecular complexity index is 1230. The lowest BCUT2D eigenvalue weighted by molar-refractivity contribution is -0.139. The summed E-state index contributed by atoms with van der Waals surface area (Å²) in [5.41, 5.74) is 2.19. The van der Waals surface area contributed by atoms with E-state index in [1.165, 1.54) is 31.4 Å². The number of carbonyl (C=O) groups excluding carboxylic acids is 1. The highest BCUT2D eigenvalue weighted by molar-refractivity contribution is 7.99. The second-order valence-electron chi connectivity index (χ2n) is 11.5. The smallest absolute Gasteiger partial charge is 0.390 e. The third-order valence-electron chi connectivity index (χ3n) is 8.39. The van der Waals surface area contributed by atoms with Gasteiger partial charge in [0.25, 0.3) is 0 Å². The van der Waals surface area contributed by atoms with Crippen molar-refractivity contribution in [1.29, 1.82) is 0 Å². The number of carbonyl (C=O) groups is 1. The monoisotopic (exact) mass is 625 g/mol. The Morgan fingerprint density at radius 3 is 2.58 bits per heavy atom. The predicted molar refractivity (Wildman–Crippen MR) is 158 cm³/mol. The van der Waals surface area contributed by atoms with Gasteiger partial charge in [-0.15, -0.1) is 11.8 Å². The maximum Gasteiger partial charge on any atom is 0.417 e. The fourth-order valence-electron chi connectivity index (χ4n) is 6.13. The summed E-state index contributed by atoms with van der Waals surface area (Å²) in [6.07, 6.45) is -1.12. The highest BCUT2D eigenvalue weighted by Crippen LogP contribution is 2.40. The van der Waals surface area contributed by atoms with Crippen molar-refractivity contribution >= 4 is 17.7 Å². The molecule has 1 N–H and O–H groups in total. The Balaban J connectivity index is 1.42. The molecule has 2 saturated heterocycles. The number of β-amino-alcohol motifs (C(OH)–C–C–N with tert-alkyl or cyclic N) is 1. The van der Waals surface area contributed by atoms with Gasteiger partial charge in [-0.3, -0.25) is 14.4 Å². The van der Waals surface area contributed by atoms with Crippen molar-refractivity contribution in [1.82, 2.24) is 24.5 Å². The van der Waals surface area contributed by atoms with Gasteiger partial charge < -0.3 is 24.4 Å². The van der Waals surface area contributed by atoms with Crippen LogP contribution in [0.3, 0.4) is 0 Å². The number of aliphatic hydroxyl groups is 1. The van der Waals surface area contributed by atoms with E-state index in [0.717, 1.165) is 56.3 Å². The van der Waals surface area contributed by atoms with E-state index in [2.05, 4.69) is 9.80 Å². The van der Waals surface area contributed by atoms with Gasteiger partial charge in [0.05, 0.1) is 37.1 Å². The van der Waals surface area contributed by atoms with Crippen LogP contribution in [0, 0.1) is 0 Å². The number of nitrogens with zero attached hydrogens (tertiary/aromatic N) is 5. The van der Waals surface area contributed by atoms with Gasteiger partial charge in [0.15, 0.2) is 0 Å². The number of alkyl halides is 3. The summed E-state index contributed by atoms with van der Waals surface area (Å²) in [6.45, 7) is 6.99. The fourth-order valence-corrected chi connectivity index (χ4v) is 7.25. The fraction of sp³-hybridized carbons (Fsp3) is 0.667. The van der Waals surface area contributed by atoms with Crippen molar-refractivity contribution < 1.29 is 32.5 Å². The lowest BCUT2D eigenvalue weighted by Crippen LogP contribution is -2.40. The first-order chi connectivity index (χ1) is 20.7. The number of ether oxygens (including phenoxy) is 2. The van der Waals surface area contributed by atoms with E-state index in [-0.39, 0.29) is 30.5 Å². The number of hydrogen-bond acceptors (Lipinski definition) is 8. The molecule has 2 aromatic rings. The van der Waals surface area contributed by atoms with Crippen LogP contribution in [0.1, 0.15) is 36.1 Å². The van der Waals surface area contributed by atoms with E-state index in [4.69, 9.17) is 14.6 Å². The van der Waals surface area contributed by atoms with Gasteiger partial charge in [-0.2, -0.15) is 18.3 Å². The van der Waals surface area contributed by atoms with Gasteiger partial charge in [0.1, 0.15) is 6.61 Å². The molecule has 238 valence electrons. The molecule has 3 aliphatic heterocycles. The molecule has 13 heteroatoms. The standard InChI is InChI=1S/C30H42F3N5O4S/c1-41-21-28(40)37-10-7-26-24(20-37)29(34-38(26)19-23(39)18-36-8-3-2-4-9-36)22-5-6-25(30(31,32)33)27(17-22)43-16-13-35-11-14-42-15-12-35/h5-6,17,23,39H,2-4,7-16,18-21H2,1H3. The molecule has 0 spiro atoms. The second kappa shape index (κ2) is 14.7.